The van der Waals surface area contributed by atoms with Gasteiger partial charge in [-0.3, -0.25) is 4.79 Å². The summed E-state index contributed by atoms with van der Waals surface area (Å²) in [5.74, 6) is -1.03. The zero-order valence-electron chi connectivity index (χ0n) is 27.9. The lowest BCUT2D eigenvalue weighted by molar-refractivity contribution is -0.0851. The van der Waals surface area contributed by atoms with Crippen LogP contribution in [0.1, 0.15) is 105 Å². The lowest BCUT2D eigenvalue weighted by atomic mass is 9.64. The third kappa shape index (κ3) is 7.93. The Bertz CT molecular complexity index is 1450. The summed E-state index contributed by atoms with van der Waals surface area (Å²) in [6.07, 6.45) is 6.61. The molecule has 0 aromatic heterocycles. The number of rotatable bonds is 8. The van der Waals surface area contributed by atoms with Gasteiger partial charge in [-0.05, 0) is 107 Å². The van der Waals surface area contributed by atoms with Gasteiger partial charge in [0.15, 0.2) is 5.78 Å². The number of aliphatic hydroxyl groups is 2. The number of Topliss-reactive ketones (excluding diaryl/α,β-unsaturated/α-hetero) is 1. The van der Waals surface area contributed by atoms with Crippen LogP contribution in [0, 0.1) is 11.2 Å². The van der Waals surface area contributed by atoms with Crippen molar-refractivity contribution in [3.8, 4) is 0 Å². The Hall–Kier alpha value is -2.78. The Morgan fingerprint density at radius 3 is 2.70 bits per heavy atom. The summed E-state index contributed by atoms with van der Waals surface area (Å²) >= 11 is 6.35. The van der Waals surface area contributed by atoms with Crippen LogP contribution >= 0.6 is 11.6 Å². The molecule has 2 bridgehead atoms. The highest BCUT2D eigenvalue weighted by atomic mass is 35.5. The topological polar surface area (TPSA) is 96.3 Å². The van der Waals surface area contributed by atoms with Crippen LogP contribution in [0.4, 0.5) is 9.18 Å². The Balaban J connectivity index is 1.56. The number of halogens is 2. The molecule has 4 aliphatic rings. The molecule has 1 saturated carbocycles. The Morgan fingerprint density at radius 2 is 1.98 bits per heavy atom. The van der Waals surface area contributed by atoms with Gasteiger partial charge in [0.05, 0.1) is 37.5 Å². The van der Waals surface area contributed by atoms with Gasteiger partial charge in [0.2, 0.25) is 0 Å². The normalized spacial score (nSPS) is 28.0. The van der Waals surface area contributed by atoms with Gasteiger partial charge in [0, 0.05) is 34.6 Å². The molecule has 1 heterocycles. The maximum Gasteiger partial charge on any atom is 0.409 e. The van der Waals surface area contributed by atoms with Crippen LogP contribution in [0.15, 0.2) is 48.0 Å². The van der Waals surface area contributed by atoms with Gasteiger partial charge in [-0.1, -0.05) is 48.4 Å². The summed E-state index contributed by atoms with van der Waals surface area (Å²) < 4.78 is 26.2. The second kappa shape index (κ2) is 15.2. The van der Waals surface area contributed by atoms with Crippen molar-refractivity contribution in [1.82, 2.24) is 4.90 Å². The lowest BCUT2D eigenvalue weighted by Gasteiger charge is -2.46. The number of ether oxygens (including phenoxy) is 2. The summed E-state index contributed by atoms with van der Waals surface area (Å²) in [7, 11) is 0. The van der Waals surface area contributed by atoms with E-state index >= 15 is 0 Å². The molecule has 2 aromatic rings. The van der Waals surface area contributed by atoms with Crippen LogP contribution in [0.3, 0.4) is 0 Å². The molecule has 256 valence electrons. The first-order chi connectivity index (χ1) is 22.4. The molecule has 6 rings (SSSR count). The number of benzene rings is 2. The van der Waals surface area contributed by atoms with E-state index in [0.29, 0.717) is 57.2 Å². The molecule has 0 radical (unpaired) electrons. The van der Waals surface area contributed by atoms with Crippen LogP contribution in [0.2, 0.25) is 5.02 Å². The molecule has 1 saturated heterocycles. The van der Waals surface area contributed by atoms with Crippen LogP contribution in [0.5, 0.6) is 0 Å². The van der Waals surface area contributed by atoms with Crippen molar-refractivity contribution in [2.75, 3.05) is 26.3 Å². The van der Waals surface area contributed by atoms with Crippen molar-refractivity contribution in [3.05, 3.63) is 81.1 Å². The second-order valence-electron chi connectivity index (χ2n) is 14.0. The van der Waals surface area contributed by atoms with Crippen molar-refractivity contribution < 1.29 is 33.7 Å². The molecule has 3 aliphatic carbocycles. The fraction of sp³-hybridized carbons (Fsp3) is 0.579. The number of hydrogen-bond donors (Lipinski definition) is 2. The predicted octanol–water partition coefficient (Wildman–Crippen LogP) is 7.58. The molecule has 0 spiro atoms. The number of hydrogen-bond acceptors (Lipinski definition) is 6. The van der Waals surface area contributed by atoms with Gasteiger partial charge < -0.3 is 24.6 Å². The van der Waals surface area contributed by atoms with E-state index in [1.54, 1.807) is 17.9 Å². The van der Waals surface area contributed by atoms with Crippen molar-refractivity contribution in [2.24, 2.45) is 5.41 Å². The van der Waals surface area contributed by atoms with Crippen molar-refractivity contribution in [2.45, 2.75) is 109 Å². The average molecular weight is 670 g/mol. The maximum absolute atomic E-state index is 14.9. The summed E-state index contributed by atoms with van der Waals surface area (Å²) in [5, 5.41) is 23.8. The number of amides is 1. The first-order valence-corrected chi connectivity index (χ1v) is 17.5. The molecule has 0 unspecified atom stereocenters. The Labute approximate surface area is 283 Å². The highest BCUT2D eigenvalue weighted by molar-refractivity contribution is 6.31. The van der Waals surface area contributed by atoms with E-state index in [0.717, 1.165) is 30.4 Å². The molecule has 9 heteroatoms. The van der Waals surface area contributed by atoms with E-state index in [2.05, 4.69) is 19.9 Å². The summed E-state index contributed by atoms with van der Waals surface area (Å²) in [5.41, 5.74) is 1.38. The van der Waals surface area contributed by atoms with E-state index in [-0.39, 0.29) is 48.0 Å². The number of nitrogens with zero attached hydrogens (tertiary/aromatic N) is 1. The monoisotopic (exact) mass is 669 g/mol. The van der Waals surface area contributed by atoms with Gasteiger partial charge in [0.25, 0.3) is 0 Å². The van der Waals surface area contributed by atoms with Gasteiger partial charge >= 0.3 is 6.09 Å². The molecule has 2 aromatic carbocycles. The summed E-state index contributed by atoms with van der Waals surface area (Å²) in [6, 6.07) is 10.1. The molecule has 47 heavy (non-hydrogen) atoms. The minimum Gasteiger partial charge on any atom is -0.450 e. The van der Waals surface area contributed by atoms with E-state index in [1.165, 1.54) is 17.7 Å². The highest BCUT2D eigenvalue weighted by Crippen LogP contribution is 2.59. The number of carbonyl (C=O) groups excluding carboxylic acids is 2. The number of ketones is 1. The number of fused-ring (bicyclic) bond motifs is 8. The highest BCUT2D eigenvalue weighted by Gasteiger charge is 2.58. The van der Waals surface area contributed by atoms with Crippen LogP contribution < -0.4 is 0 Å². The van der Waals surface area contributed by atoms with Crippen LogP contribution in [0.25, 0.3) is 0 Å². The minimum absolute atomic E-state index is 0.0831. The van der Waals surface area contributed by atoms with Crippen LogP contribution in [-0.4, -0.2) is 71.1 Å². The minimum atomic E-state index is -1.29. The average Bonchev–Trinajstić information content (AvgIpc) is 3.63. The second-order valence-corrected chi connectivity index (χ2v) is 14.4. The molecule has 7 nitrogen and oxygen atoms in total. The summed E-state index contributed by atoms with van der Waals surface area (Å²) in [6.45, 7) is 7.22. The SMILES string of the molecule is CCOC(=O)N(C[C@H]1CCCO1)C[C@]1(O)CC[C@H]2c3ccc(cc3C(=O)Cc3c(F)cccc3Cl)C[C@@H](O)CCC(C)=CCC[C@@]21C. The number of carbonyl (C=O) groups is 2. The van der Waals surface area contributed by atoms with Gasteiger partial charge in [0.1, 0.15) is 5.82 Å². The molecule has 1 aliphatic heterocycles. The van der Waals surface area contributed by atoms with Crippen molar-refractivity contribution in [1.29, 1.82) is 0 Å². The standard InChI is InChI=1S/C38H49ClFNO6/c1-4-46-36(44)41(23-28-9-7-19-47-28)24-38(45)18-16-32-29-15-13-26(20-27(42)14-12-25(2)8-6-17-37(32,38)3)21-30(29)35(43)22-31-33(39)10-5-11-34(31)40/h5,8,10-11,13,15,21,27-28,32,42,45H,4,6-7,9,12,14,16-20,22-24H2,1-3H3/t27-,28+,32-,37-,38+/m0/s1. The van der Waals surface area contributed by atoms with Gasteiger partial charge in [-0.25, -0.2) is 9.18 Å². The quantitative estimate of drug-likeness (QED) is 0.222. The molecule has 2 fully saturated rings. The first kappa shape index (κ1) is 35.5. The Morgan fingerprint density at radius 1 is 1.17 bits per heavy atom. The van der Waals surface area contributed by atoms with E-state index in [9.17, 15) is 24.2 Å². The van der Waals surface area contributed by atoms with Crippen molar-refractivity contribution in [3.63, 3.8) is 0 Å². The lowest BCUT2D eigenvalue weighted by Crippen LogP contribution is -2.55. The third-order valence-electron chi connectivity index (χ3n) is 10.8. The van der Waals surface area contributed by atoms with E-state index in [4.69, 9.17) is 21.1 Å². The number of allylic oxidation sites excluding steroid dienone is 2. The Kier molecular flexibility index (Phi) is 11.5. The molecular formula is C38H49ClFNO6. The molecule has 1 amide bonds. The van der Waals surface area contributed by atoms with E-state index in [1.807, 2.05) is 18.2 Å². The van der Waals surface area contributed by atoms with Crippen LogP contribution in [-0.2, 0) is 22.3 Å². The zero-order chi connectivity index (χ0) is 33.8. The molecule has 5 atom stereocenters. The fourth-order valence-electron chi connectivity index (χ4n) is 7.97. The molecule has 2 N–H and O–H groups in total. The third-order valence-corrected chi connectivity index (χ3v) is 11.2. The number of aliphatic hydroxyl groups excluding tert-OH is 1. The van der Waals surface area contributed by atoms with Gasteiger partial charge in [-0.15, -0.1) is 0 Å². The largest absolute Gasteiger partial charge is 0.450 e. The maximum atomic E-state index is 14.9. The van der Waals surface area contributed by atoms with Gasteiger partial charge in [-0.2, -0.15) is 0 Å². The predicted molar refractivity (Wildman–Crippen MR) is 180 cm³/mol. The first-order valence-electron chi connectivity index (χ1n) is 17.1. The smallest absolute Gasteiger partial charge is 0.409 e. The fourth-order valence-corrected chi connectivity index (χ4v) is 8.20. The van der Waals surface area contributed by atoms with E-state index < -0.39 is 29.0 Å². The zero-order valence-corrected chi connectivity index (χ0v) is 28.7. The van der Waals surface area contributed by atoms with Crippen molar-refractivity contribution >= 4 is 23.5 Å². The molecular weight excluding hydrogens is 621 g/mol. The summed E-state index contributed by atoms with van der Waals surface area (Å²) in [4.78, 5) is 29.0.